The van der Waals surface area contributed by atoms with E-state index in [1.165, 1.54) is 16.5 Å². The Kier molecular flexibility index (Phi) is 3.68. The van der Waals surface area contributed by atoms with Gasteiger partial charge in [0.25, 0.3) is 0 Å². The van der Waals surface area contributed by atoms with Crippen LogP contribution in [-0.4, -0.2) is 12.1 Å². The highest BCUT2D eigenvalue weighted by Gasteiger charge is 2.32. The van der Waals surface area contributed by atoms with Crippen LogP contribution in [0.15, 0.2) is 103 Å². The third-order valence-corrected chi connectivity index (χ3v) is 5.87. The Morgan fingerprint density at radius 2 is 1.37 bits per heavy atom. The van der Waals surface area contributed by atoms with Gasteiger partial charge in [0, 0.05) is 17.2 Å². The molecule has 0 unspecified atom stereocenters. The highest BCUT2D eigenvalue weighted by Crippen LogP contribution is 2.39. The van der Waals surface area contributed by atoms with Crippen molar-refractivity contribution < 1.29 is 4.68 Å². The molecule has 0 spiro atoms. The Morgan fingerprint density at radius 3 is 2.10 bits per heavy atom. The third kappa shape index (κ3) is 2.45. The summed E-state index contributed by atoms with van der Waals surface area (Å²) in [5.41, 5.74) is 6.71. The first-order valence-electron chi connectivity index (χ1n) is 10.2. The fourth-order valence-corrected chi connectivity index (χ4v) is 4.41. The molecule has 6 rings (SSSR count). The van der Waals surface area contributed by atoms with Crippen LogP contribution in [0.5, 0.6) is 0 Å². The van der Waals surface area contributed by atoms with Crippen LogP contribution in [0.1, 0.15) is 0 Å². The van der Waals surface area contributed by atoms with Gasteiger partial charge in [-0.1, -0.05) is 94.7 Å². The zero-order chi connectivity index (χ0) is 20.1. The first-order valence-corrected chi connectivity index (χ1v) is 10.2. The number of aromatic nitrogens is 2. The van der Waals surface area contributed by atoms with Crippen LogP contribution >= 0.6 is 0 Å². The van der Waals surface area contributed by atoms with Gasteiger partial charge in [0.05, 0.1) is 12.4 Å². The largest absolute Gasteiger partial charge is 0.308 e. The van der Waals surface area contributed by atoms with Crippen molar-refractivity contribution in [3.8, 4) is 28.1 Å². The van der Waals surface area contributed by atoms with E-state index in [0.717, 1.165) is 33.9 Å². The number of hydrogen-bond donors (Lipinski definition) is 0. The van der Waals surface area contributed by atoms with Gasteiger partial charge in [-0.2, -0.15) is 0 Å². The van der Waals surface area contributed by atoms with E-state index in [2.05, 4.69) is 114 Å². The number of nitrogens with zero attached hydrogens (tertiary/aromatic N) is 3. The number of anilines is 2. The predicted molar refractivity (Wildman–Crippen MR) is 122 cm³/mol. The van der Waals surface area contributed by atoms with Crippen LogP contribution in [0, 0.1) is 0 Å². The van der Waals surface area contributed by atoms with Gasteiger partial charge in [-0.05, 0) is 23.1 Å². The number of fused-ring (bicyclic) bond motifs is 2. The van der Waals surface area contributed by atoms with E-state index in [1.54, 1.807) is 0 Å². The lowest BCUT2D eigenvalue weighted by Gasteiger charge is -2.23. The molecule has 0 bridgehead atoms. The Morgan fingerprint density at radius 1 is 0.700 bits per heavy atom. The molecule has 3 heteroatoms. The molecule has 1 aliphatic heterocycles. The minimum atomic E-state index is 0.982. The van der Waals surface area contributed by atoms with E-state index in [4.69, 9.17) is 5.10 Å². The molecule has 5 aromatic rings. The second-order valence-corrected chi connectivity index (χ2v) is 7.62. The molecule has 1 aliphatic rings. The molecular weight excluding hydrogens is 366 g/mol. The second kappa shape index (κ2) is 6.53. The van der Waals surface area contributed by atoms with Crippen molar-refractivity contribution in [1.82, 2.24) is 5.10 Å². The zero-order valence-corrected chi connectivity index (χ0v) is 16.7. The van der Waals surface area contributed by atoms with Gasteiger partial charge in [-0.15, -0.1) is 0 Å². The normalized spacial score (nSPS) is 12.1. The van der Waals surface area contributed by atoms with Crippen LogP contribution in [0.25, 0.3) is 38.8 Å². The van der Waals surface area contributed by atoms with Crippen molar-refractivity contribution in [3.05, 3.63) is 103 Å². The van der Waals surface area contributed by atoms with E-state index < -0.39 is 0 Å². The lowest BCUT2D eigenvalue weighted by molar-refractivity contribution is -0.645. The average Bonchev–Trinajstić information content (AvgIpc) is 2.82. The standard InChI is InChI=1S/C27H20N3/c1-29-23-16-8-14-20-15-9-17-24(26(20)23)30-25(29)18-22(19-10-4-2-5-11-19)27(28-30)21-12-6-3-7-13-21/h2-18H,1H3/q+1. The van der Waals surface area contributed by atoms with E-state index in [9.17, 15) is 0 Å². The van der Waals surface area contributed by atoms with Crippen LogP contribution < -0.4 is 9.58 Å². The second-order valence-electron chi connectivity index (χ2n) is 7.62. The predicted octanol–water partition coefficient (Wildman–Crippen LogP) is 5.93. The van der Waals surface area contributed by atoms with E-state index in [1.807, 2.05) is 6.07 Å². The molecule has 142 valence electrons. The van der Waals surface area contributed by atoms with Crippen molar-refractivity contribution in [2.75, 3.05) is 11.9 Å². The van der Waals surface area contributed by atoms with Gasteiger partial charge < -0.3 is 0 Å². The van der Waals surface area contributed by atoms with Crippen molar-refractivity contribution >= 4 is 22.3 Å². The maximum atomic E-state index is 5.21. The van der Waals surface area contributed by atoms with Crippen molar-refractivity contribution in [2.24, 2.45) is 0 Å². The highest BCUT2D eigenvalue weighted by molar-refractivity contribution is 6.01. The summed E-state index contributed by atoms with van der Waals surface area (Å²) in [5, 5.41) is 7.67. The summed E-state index contributed by atoms with van der Waals surface area (Å²) in [6.45, 7) is 0. The molecule has 3 nitrogen and oxygen atoms in total. The molecule has 1 aromatic heterocycles. The fraction of sp³-hybridized carbons (Fsp3) is 0.0370. The lowest BCUT2D eigenvalue weighted by Crippen LogP contribution is -2.44. The van der Waals surface area contributed by atoms with Crippen LogP contribution in [0.3, 0.4) is 0 Å². The van der Waals surface area contributed by atoms with Crippen LogP contribution in [0.4, 0.5) is 11.5 Å². The van der Waals surface area contributed by atoms with E-state index in [0.29, 0.717) is 0 Å². The highest BCUT2D eigenvalue weighted by atomic mass is 15.4. The van der Waals surface area contributed by atoms with E-state index >= 15 is 0 Å². The van der Waals surface area contributed by atoms with E-state index in [-0.39, 0.29) is 0 Å². The zero-order valence-electron chi connectivity index (χ0n) is 16.7. The molecule has 0 radical (unpaired) electrons. The molecule has 0 amide bonds. The molecule has 0 saturated carbocycles. The Hall–Kier alpha value is -3.98. The Bertz CT molecular complexity index is 1390. The number of rotatable bonds is 2. The summed E-state index contributed by atoms with van der Waals surface area (Å²) in [5.74, 6) is 1.06. The van der Waals surface area contributed by atoms with Gasteiger partial charge in [-0.25, -0.2) is 4.90 Å². The van der Waals surface area contributed by atoms with Gasteiger partial charge in [0.1, 0.15) is 11.4 Å². The summed E-state index contributed by atoms with van der Waals surface area (Å²) in [7, 11) is 2.12. The molecule has 0 saturated heterocycles. The quantitative estimate of drug-likeness (QED) is 0.351. The maximum absolute atomic E-state index is 5.21. The van der Waals surface area contributed by atoms with Crippen molar-refractivity contribution in [1.29, 1.82) is 0 Å². The van der Waals surface area contributed by atoms with Crippen molar-refractivity contribution in [2.45, 2.75) is 0 Å². The summed E-state index contributed by atoms with van der Waals surface area (Å²) in [4.78, 5) is 2.24. The number of benzene rings is 4. The lowest BCUT2D eigenvalue weighted by atomic mass is 9.98. The topological polar surface area (TPSA) is 20.0 Å². The van der Waals surface area contributed by atoms with Gasteiger partial charge in [-0.3, -0.25) is 0 Å². The first-order chi connectivity index (χ1) is 14.8. The maximum Gasteiger partial charge on any atom is 0.308 e. The molecule has 0 fully saturated rings. The van der Waals surface area contributed by atoms with Crippen LogP contribution in [-0.2, 0) is 0 Å². The SMILES string of the molecule is CN1c2cccc3cccc(c23)-[n+]2nc(-c3ccccc3)c(-c3ccccc3)cc21. The molecule has 0 aliphatic carbocycles. The molecule has 4 aromatic carbocycles. The minimum absolute atomic E-state index is 0.982. The van der Waals surface area contributed by atoms with Gasteiger partial charge >= 0.3 is 5.82 Å². The van der Waals surface area contributed by atoms with Crippen molar-refractivity contribution in [3.63, 3.8) is 0 Å². The van der Waals surface area contributed by atoms with Crippen LogP contribution in [0.2, 0.25) is 0 Å². The average molecular weight is 386 g/mol. The summed E-state index contributed by atoms with van der Waals surface area (Å²) < 4.78 is 2.09. The molecule has 0 atom stereocenters. The molecule has 2 heterocycles. The van der Waals surface area contributed by atoms with Gasteiger partial charge in [0.15, 0.2) is 5.69 Å². The fourth-order valence-electron chi connectivity index (χ4n) is 4.41. The Labute approximate surface area is 175 Å². The first kappa shape index (κ1) is 16.9. The number of hydrogen-bond acceptors (Lipinski definition) is 2. The third-order valence-electron chi connectivity index (χ3n) is 5.87. The minimum Gasteiger partial charge on any atom is -0.227 e. The summed E-state index contributed by atoms with van der Waals surface area (Å²) in [6, 6.07) is 36.1. The Balaban J connectivity index is 1.72. The molecule has 30 heavy (non-hydrogen) atoms. The molecular formula is C27H20N3+. The summed E-state index contributed by atoms with van der Waals surface area (Å²) >= 11 is 0. The molecule has 0 N–H and O–H groups in total. The smallest absolute Gasteiger partial charge is 0.227 e. The van der Waals surface area contributed by atoms with Gasteiger partial charge in [0.2, 0.25) is 0 Å². The summed E-state index contributed by atoms with van der Waals surface area (Å²) in [6.07, 6.45) is 0. The monoisotopic (exact) mass is 386 g/mol.